The Labute approximate surface area is 114 Å². The van der Waals surface area contributed by atoms with Crippen LogP contribution < -0.4 is 0 Å². The molecule has 0 bridgehead atoms. The molecule has 0 aliphatic rings. The molecule has 18 heavy (non-hydrogen) atoms. The van der Waals surface area contributed by atoms with Crippen LogP contribution >= 0.6 is 23.2 Å². The molecule has 0 fully saturated rings. The SMILES string of the molecule is O=S(=O)(O)OCCS(=O)(=O)c1ccc(Cl)c(Cl)c1. The molecule has 0 amide bonds. The highest BCUT2D eigenvalue weighted by Crippen LogP contribution is 2.25. The van der Waals surface area contributed by atoms with Crippen molar-refractivity contribution in [3.8, 4) is 0 Å². The number of hydrogen-bond donors (Lipinski definition) is 1. The molecule has 1 aromatic carbocycles. The Bertz CT molecular complexity index is 638. The van der Waals surface area contributed by atoms with E-state index < -0.39 is 32.6 Å². The minimum atomic E-state index is -4.66. The third-order valence-electron chi connectivity index (χ3n) is 1.83. The third-order valence-corrected chi connectivity index (χ3v) is 4.71. The summed E-state index contributed by atoms with van der Waals surface area (Å²) in [5.74, 6) is -0.620. The first-order valence-electron chi connectivity index (χ1n) is 4.41. The van der Waals surface area contributed by atoms with Crippen molar-refractivity contribution in [3.05, 3.63) is 28.2 Å². The molecule has 1 aromatic rings. The predicted molar refractivity (Wildman–Crippen MR) is 66.0 cm³/mol. The van der Waals surface area contributed by atoms with E-state index in [4.69, 9.17) is 27.8 Å². The van der Waals surface area contributed by atoms with Gasteiger partial charge in [0.05, 0.1) is 27.3 Å². The van der Waals surface area contributed by atoms with Gasteiger partial charge in [-0.2, -0.15) is 8.42 Å². The zero-order valence-electron chi connectivity index (χ0n) is 8.71. The van der Waals surface area contributed by atoms with Crippen molar-refractivity contribution in [3.63, 3.8) is 0 Å². The number of hydrogen-bond acceptors (Lipinski definition) is 5. The summed E-state index contributed by atoms with van der Waals surface area (Å²) in [6.07, 6.45) is 0. The van der Waals surface area contributed by atoms with E-state index in [0.29, 0.717) is 0 Å². The molecule has 0 radical (unpaired) electrons. The Balaban J connectivity index is 2.84. The monoisotopic (exact) mass is 334 g/mol. The second-order valence-corrected chi connectivity index (χ2v) is 7.16. The molecule has 10 heteroatoms. The smallest absolute Gasteiger partial charge is 0.264 e. The molecular formula is C8H8Cl2O6S2. The number of rotatable bonds is 5. The molecule has 0 aliphatic heterocycles. The van der Waals surface area contributed by atoms with E-state index in [2.05, 4.69) is 4.18 Å². The molecule has 0 saturated heterocycles. The predicted octanol–water partition coefficient (Wildman–Crippen LogP) is 1.59. The summed E-state index contributed by atoms with van der Waals surface area (Å²) in [4.78, 5) is -0.115. The highest BCUT2D eigenvalue weighted by molar-refractivity contribution is 7.91. The van der Waals surface area contributed by atoms with Gasteiger partial charge in [-0.15, -0.1) is 0 Å². The Morgan fingerprint density at radius 3 is 2.22 bits per heavy atom. The van der Waals surface area contributed by atoms with Crippen LogP contribution in [0.5, 0.6) is 0 Å². The minimum absolute atomic E-state index is 0.0634. The van der Waals surface area contributed by atoms with Gasteiger partial charge in [0.25, 0.3) is 0 Å². The summed E-state index contributed by atoms with van der Waals surface area (Å²) < 4.78 is 56.2. The Morgan fingerprint density at radius 2 is 1.72 bits per heavy atom. The first kappa shape index (κ1) is 15.7. The molecule has 0 aromatic heterocycles. The van der Waals surface area contributed by atoms with Gasteiger partial charge in [0.2, 0.25) is 0 Å². The van der Waals surface area contributed by atoms with Crippen LogP contribution in [0.25, 0.3) is 0 Å². The normalized spacial score (nSPS) is 12.6. The molecule has 1 N–H and O–H groups in total. The average molecular weight is 335 g/mol. The molecule has 0 saturated carbocycles. The van der Waals surface area contributed by atoms with Crippen molar-refractivity contribution in [2.75, 3.05) is 12.4 Å². The van der Waals surface area contributed by atoms with Crippen LogP contribution in [0.3, 0.4) is 0 Å². The lowest BCUT2D eigenvalue weighted by atomic mass is 10.4. The van der Waals surface area contributed by atoms with Crippen LogP contribution in [0, 0.1) is 0 Å². The van der Waals surface area contributed by atoms with Gasteiger partial charge in [0.1, 0.15) is 0 Å². The summed E-state index contributed by atoms with van der Waals surface area (Å²) in [6.45, 7) is -0.693. The van der Waals surface area contributed by atoms with Gasteiger partial charge in [-0.05, 0) is 18.2 Å². The van der Waals surface area contributed by atoms with E-state index in [-0.39, 0.29) is 14.9 Å². The van der Waals surface area contributed by atoms with Crippen LogP contribution in [0.2, 0.25) is 10.0 Å². The van der Waals surface area contributed by atoms with Crippen LogP contribution in [0.15, 0.2) is 23.1 Å². The second kappa shape index (κ2) is 5.72. The van der Waals surface area contributed by atoms with E-state index in [1.807, 2.05) is 0 Å². The van der Waals surface area contributed by atoms with Gasteiger partial charge in [-0.1, -0.05) is 23.2 Å². The van der Waals surface area contributed by atoms with Crippen molar-refractivity contribution >= 4 is 43.4 Å². The molecule has 6 nitrogen and oxygen atoms in total. The maximum Gasteiger partial charge on any atom is 0.397 e. The van der Waals surface area contributed by atoms with Gasteiger partial charge in [0, 0.05) is 0 Å². The number of sulfone groups is 1. The summed E-state index contributed by atoms with van der Waals surface area (Å²) in [7, 11) is -8.42. The average Bonchev–Trinajstić information content (AvgIpc) is 2.19. The third kappa shape index (κ3) is 4.71. The number of halogens is 2. The van der Waals surface area contributed by atoms with Crippen molar-refractivity contribution in [2.45, 2.75) is 4.90 Å². The molecule has 0 spiro atoms. The Hall–Kier alpha value is -0.380. The largest absolute Gasteiger partial charge is 0.397 e. The second-order valence-electron chi connectivity index (χ2n) is 3.14. The molecule has 0 atom stereocenters. The van der Waals surface area contributed by atoms with Gasteiger partial charge in [-0.25, -0.2) is 12.6 Å². The van der Waals surface area contributed by atoms with Crippen LogP contribution in [-0.4, -0.2) is 33.7 Å². The van der Waals surface area contributed by atoms with Crippen molar-refractivity contribution in [1.82, 2.24) is 0 Å². The first-order chi connectivity index (χ1) is 8.12. The van der Waals surface area contributed by atoms with Gasteiger partial charge in [0.15, 0.2) is 9.84 Å². The van der Waals surface area contributed by atoms with Crippen molar-refractivity contribution in [1.29, 1.82) is 0 Å². The summed E-state index contributed by atoms with van der Waals surface area (Å²) in [5, 5.41) is 0.262. The molecular weight excluding hydrogens is 327 g/mol. The van der Waals surface area contributed by atoms with Gasteiger partial charge < -0.3 is 0 Å². The molecule has 0 aliphatic carbocycles. The van der Waals surface area contributed by atoms with E-state index in [9.17, 15) is 16.8 Å². The molecule has 0 heterocycles. The molecule has 102 valence electrons. The zero-order valence-corrected chi connectivity index (χ0v) is 11.9. The maximum absolute atomic E-state index is 11.7. The zero-order chi connectivity index (χ0) is 14.0. The lowest BCUT2D eigenvalue weighted by molar-refractivity contribution is 0.284. The van der Waals surface area contributed by atoms with E-state index in [1.165, 1.54) is 12.1 Å². The minimum Gasteiger partial charge on any atom is -0.264 e. The Kier molecular flexibility index (Phi) is 4.98. The molecule has 0 unspecified atom stereocenters. The van der Waals surface area contributed by atoms with Crippen LogP contribution in [0.4, 0.5) is 0 Å². The fraction of sp³-hybridized carbons (Fsp3) is 0.250. The van der Waals surface area contributed by atoms with Crippen molar-refractivity contribution in [2.24, 2.45) is 0 Å². The lowest BCUT2D eigenvalue weighted by Gasteiger charge is -2.05. The lowest BCUT2D eigenvalue weighted by Crippen LogP contribution is -2.15. The fourth-order valence-electron chi connectivity index (χ4n) is 1.04. The van der Waals surface area contributed by atoms with E-state index in [1.54, 1.807) is 0 Å². The van der Waals surface area contributed by atoms with Crippen LogP contribution in [0.1, 0.15) is 0 Å². The number of benzene rings is 1. The summed E-state index contributed by atoms with van der Waals surface area (Å²) in [6, 6.07) is 3.68. The summed E-state index contributed by atoms with van der Waals surface area (Å²) in [5.41, 5.74) is 0. The first-order valence-corrected chi connectivity index (χ1v) is 8.19. The van der Waals surface area contributed by atoms with Crippen molar-refractivity contribution < 1.29 is 25.6 Å². The van der Waals surface area contributed by atoms with Gasteiger partial charge in [-0.3, -0.25) is 4.55 Å². The summed E-state index contributed by atoms with van der Waals surface area (Å²) >= 11 is 11.3. The highest BCUT2D eigenvalue weighted by Gasteiger charge is 2.17. The van der Waals surface area contributed by atoms with Gasteiger partial charge >= 0.3 is 10.4 Å². The topological polar surface area (TPSA) is 97.7 Å². The maximum atomic E-state index is 11.7. The van der Waals surface area contributed by atoms with Crippen LogP contribution in [-0.2, 0) is 24.4 Å². The fourth-order valence-corrected chi connectivity index (χ4v) is 2.91. The Morgan fingerprint density at radius 1 is 1.11 bits per heavy atom. The highest BCUT2D eigenvalue weighted by atomic mass is 35.5. The standard InChI is InChI=1S/C8H8Cl2O6S2/c9-7-2-1-6(5-8(7)10)17(11,12)4-3-16-18(13,14)15/h1-2,5H,3-4H2,(H,13,14,15). The van der Waals surface area contributed by atoms with E-state index in [0.717, 1.165) is 6.07 Å². The molecule has 1 rings (SSSR count). The quantitative estimate of drug-likeness (QED) is 0.821. The van der Waals surface area contributed by atoms with E-state index >= 15 is 0 Å².